The van der Waals surface area contributed by atoms with Gasteiger partial charge < -0.3 is 11.1 Å². The van der Waals surface area contributed by atoms with Gasteiger partial charge in [0.05, 0.1) is 0 Å². The Morgan fingerprint density at radius 1 is 0.889 bits per heavy atom. The van der Waals surface area contributed by atoms with E-state index in [0.717, 1.165) is 31.5 Å². The molecule has 0 radical (unpaired) electrons. The Balaban J connectivity index is 3.19. The van der Waals surface area contributed by atoms with E-state index in [4.69, 9.17) is 5.73 Å². The molecule has 0 aliphatic carbocycles. The highest BCUT2D eigenvalue weighted by molar-refractivity contribution is 4.59. The third kappa shape index (κ3) is 12.4. The van der Waals surface area contributed by atoms with Crippen molar-refractivity contribution in [2.45, 2.75) is 72.1 Å². The first kappa shape index (κ1) is 17.9. The summed E-state index contributed by atoms with van der Waals surface area (Å²) in [6.07, 6.45) is 11.2. The summed E-state index contributed by atoms with van der Waals surface area (Å²) < 4.78 is 0. The molecule has 18 heavy (non-hydrogen) atoms. The molecule has 0 unspecified atom stereocenters. The monoisotopic (exact) mass is 256 g/mol. The van der Waals surface area contributed by atoms with Crippen LogP contribution in [0.25, 0.3) is 0 Å². The molecule has 0 amide bonds. The first-order valence-corrected chi connectivity index (χ1v) is 8.11. The molecule has 0 fully saturated rings. The van der Waals surface area contributed by atoms with Gasteiger partial charge in [-0.1, -0.05) is 65.7 Å². The minimum absolute atomic E-state index is 0.753. The van der Waals surface area contributed by atoms with Crippen molar-refractivity contribution < 1.29 is 0 Å². The minimum Gasteiger partial charge on any atom is -0.329 e. The van der Waals surface area contributed by atoms with Crippen molar-refractivity contribution in [2.75, 3.05) is 19.6 Å². The van der Waals surface area contributed by atoms with Crippen LogP contribution in [0.4, 0.5) is 0 Å². The Morgan fingerprint density at radius 3 is 2.06 bits per heavy atom. The molecule has 110 valence electrons. The Bertz CT molecular complexity index is 159. The fraction of sp³-hybridized carbons (Fsp3) is 1.00. The van der Waals surface area contributed by atoms with Crippen molar-refractivity contribution in [3.05, 3.63) is 0 Å². The van der Waals surface area contributed by atoms with Crippen LogP contribution in [-0.4, -0.2) is 19.6 Å². The molecule has 0 aromatic heterocycles. The topological polar surface area (TPSA) is 38.0 Å². The molecule has 0 aromatic rings. The maximum absolute atomic E-state index is 5.45. The van der Waals surface area contributed by atoms with Gasteiger partial charge in [-0.3, -0.25) is 0 Å². The molecule has 0 aliphatic rings. The van der Waals surface area contributed by atoms with Gasteiger partial charge in [-0.25, -0.2) is 0 Å². The maximum atomic E-state index is 5.45. The van der Waals surface area contributed by atoms with E-state index in [1.165, 1.54) is 51.4 Å². The standard InChI is InChI=1S/C16H36N2/c1-4-9-15(2)10-7-5-6-8-11-16(3)14-18-13-12-17/h15-16,18H,4-14,17H2,1-3H3/t15-,16+/m1/s1. The van der Waals surface area contributed by atoms with Gasteiger partial charge in [-0.15, -0.1) is 0 Å². The van der Waals surface area contributed by atoms with Crippen LogP contribution in [0.5, 0.6) is 0 Å². The van der Waals surface area contributed by atoms with Crippen LogP contribution < -0.4 is 11.1 Å². The zero-order chi connectivity index (χ0) is 13.6. The number of unbranched alkanes of at least 4 members (excludes halogenated alkanes) is 3. The van der Waals surface area contributed by atoms with E-state index in [1.807, 2.05) is 0 Å². The average Bonchev–Trinajstić information content (AvgIpc) is 2.34. The second-order valence-corrected chi connectivity index (χ2v) is 5.98. The predicted molar refractivity (Wildman–Crippen MR) is 82.9 cm³/mol. The summed E-state index contributed by atoms with van der Waals surface area (Å²) >= 11 is 0. The summed E-state index contributed by atoms with van der Waals surface area (Å²) in [5.41, 5.74) is 5.45. The number of nitrogens with two attached hydrogens (primary N) is 1. The van der Waals surface area contributed by atoms with Gasteiger partial charge in [0.2, 0.25) is 0 Å². The Labute approximate surface area is 115 Å². The van der Waals surface area contributed by atoms with E-state index in [2.05, 4.69) is 26.1 Å². The first-order valence-electron chi connectivity index (χ1n) is 8.11. The van der Waals surface area contributed by atoms with Gasteiger partial charge in [0.1, 0.15) is 0 Å². The Kier molecular flexibility index (Phi) is 13.3. The molecule has 0 aliphatic heterocycles. The summed E-state index contributed by atoms with van der Waals surface area (Å²) in [5.74, 6) is 1.74. The van der Waals surface area contributed by atoms with Crippen LogP contribution in [0, 0.1) is 11.8 Å². The van der Waals surface area contributed by atoms with Crippen LogP contribution in [0.2, 0.25) is 0 Å². The third-order valence-electron chi connectivity index (χ3n) is 3.74. The number of hydrogen-bond acceptors (Lipinski definition) is 2. The van der Waals surface area contributed by atoms with Gasteiger partial charge in [0, 0.05) is 13.1 Å². The van der Waals surface area contributed by atoms with Gasteiger partial charge in [-0.2, -0.15) is 0 Å². The van der Waals surface area contributed by atoms with Crippen molar-refractivity contribution in [1.29, 1.82) is 0 Å². The van der Waals surface area contributed by atoms with Crippen LogP contribution in [0.1, 0.15) is 72.1 Å². The molecule has 0 aromatic carbocycles. The van der Waals surface area contributed by atoms with Crippen molar-refractivity contribution >= 4 is 0 Å². The molecule has 3 N–H and O–H groups in total. The fourth-order valence-corrected chi connectivity index (χ4v) is 2.53. The largest absolute Gasteiger partial charge is 0.329 e. The van der Waals surface area contributed by atoms with Crippen molar-refractivity contribution in [1.82, 2.24) is 5.32 Å². The van der Waals surface area contributed by atoms with Gasteiger partial charge in [0.15, 0.2) is 0 Å². The second-order valence-electron chi connectivity index (χ2n) is 5.98. The lowest BCUT2D eigenvalue weighted by Crippen LogP contribution is -2.26. The van der Waals surface area contributed by atoms with Gasteiger partial charge in [0.25, 0.3) is 0 Å². The molecule has 0 heterocycles. The quantitative estimate of drug-likeness (QED) is 0.490. The smallest absolute Gasteiger partial charge is 0.00746 e. The number of nitrogens with one attached hydrogen (secondary N) is 1. The van der Waals surface area contributed by atoms with E-state index >= 15 is 0 Å². The predicted octanol–water partition coefficient (Wildman–Crippen LogP) is 3.95. The molecule has 0 saturated heterocycles. The number of rotatable bonds is 13. The lowest BCUT2D eigenvalue weighted by molar-refractivity contribution is 0.431. The van der Waals surface area contributed by atoms with Crippen LogP contribution in [0.3, 0.4) is 0 Å². The molecule has 0 saturated carbocycles. The normalized spacial score (nSPS) is 14.7. The van der Waals surface area contributed by atoms with Crippen LogP contribution in [-0.2, 0) is 0 Å². The summed E-state index contributed by atoms with van der Waals surface area (Å²) in [7, 11) is 0. The second kappa shape index (κ2) is 13.4. The van der Waals surface area contributed by atoms with Crippen molar-refractivity contribution in [2.24, 2.45) is 17.6 Å². The fourth-order valence-electron chi connectivity index (χ4n) is 2.53. The van der Waals surface area contributed by atoms with Crippen LogP contribution >= 0.6 is 0 Å². The molecule has 2 atom stereocenters. The molecule has 2 nitrogen and oxygen atoms in total. The lowest BCUT2D eigenvalue weighted by Gasteiger charge is -2.12. The van der Waals surface area contributed by atoms with E-state index in [0.29, 0.717) is 0 Å². The zero-order valence-corrected chi connectivity index (χ0v) is 13.0. The Hall–Kier alpha value is -0.0800. The first-order chi connectivity index (χ1) is 8.70. The lowest BCUT2D eigenvalue weighted by atomic mass is 9.97. The summed E-state index contributed by atoms with van der Waals surface area (Å²) in [5, 5.41) is 3.39. The molecule has 0 rings (SSSR count). The van der Waals surface area contributed by atoms with Crippen molar-refractivity contribution in [3.8, 4) is 0 Å². The third-order valence-corrected chi connectivity index (χ3v) is 3.74. The summed E-state index contributed by atoms with van der Waals surface area (Å²) in [4.78, 5) is 0. The molecule has 0 spiro atoms. The Morgan fingerprint density at radius 2 is 1.50 bits per heavy atom. The van der Waals surface area contributed by atoms with Gasteiger partial charge in [-0.05, 0) is 24.8 Å². The average molecular weight is 256 g/mol. The highest BCUT2D eigenvalue weighted by Gasteiger charge is 2.02. The van der Waals surface area contributed by atoms with Gasteiger partial charge >= 0.3 is 0 Å². The zero-order valence-electron chi connectivity index (χ0n) is 13.0. The summed E-state index contributed by atoms with van der Waals surface area (Å²) in [6, 6.07) is 0. The SMILES string of the molecule is CCC[C@@H](C)CCCCCC[C@H](C)CNCCN. The number of hydrogen-bond donors (Lipinski definition) is 2. The molecular formula is C16H36N2. The maximum Gasteiger partial charge on any atom is 0.00746 e. The van der Waals surface area contributed by atoms with E-state index in [9.17, 15) is 0 Å². The molecule has 0 bridgehead atoms. The highest BCUT2D eigenvalue weighted by atomic mass is 14.9. The van der Waals surface area contributed by atoms with E-state index in [-0.39, 0.29) is 0 Å². The van der Waals surface area contributed by atoms with Crippen LogP contribution in [0.15, 0.2) is 0 Å². The minimum atomic E-state index is 0.753. The molecule has 2 heteroatoms. The van der Waals surface area contributed by atoms with Crippen molar-refractivity contribution in [3.63, 3.8) is 0 Å². The summed E-state index contributed by atoms with van der Waals surface area (Å²) in [6.45, 7) is 9.87. The van der Waals surface area contributed by atoms with E-state index < -0.39 is 0 Å². The highest BCUT2D eigenvalue weighted by Crippen LogP contribution is 2.16. The molecular weight excluding hydrogens is 220 g/mol. The van der Waals surface area contributed by atoms with E-state index in [1.54, 1.807) is 0 Å².